The number of aliphatic hydroxyl groups is 2. The molecule has 48 heavy (non-hydrogen) atoms. The van der Waals surface area contributed by atoms with E-state index < -0.39 is 48.5 Å². The van der Waals surface area contributed by atoms with Crippen LogP contribution in [0.5, 0.6) is 0 Å². The lowest BCUT2D eigenvalue weighted by atomic mass is 9.83. The lowest BCUT2D eigenvalue weighted by Crippen LogP contribution is -2.70. The van der Waals surface area contributed by atoms with Gasteiger partial charge in [-0.3, -0.25) is 0 Å². The van der Waals surface area contributed by atoms with E-state index in [1.807, 2.05) is 91.0 Å². The molecule has 0 aliphatic carbocycles. The number of hydrogen-bond acceptors (Lipinski definition) is 9. The highest BCUT2D eigenvalue weighted by Crippen LogP contribution is 2.44. The van der Waals surface area contributed by atoms with E-state index >= 15 is 0 Å². The monoisotopic (exact) mass is 680 g/mol. The van der Waals surface area contributed by atoms with E-state index in [2.05, 4.69) is 0 Å². The second-order valence-electron chi connectivity index (χ2n) is 13.2. The Morgan fingerprint density at radius 1 is 0.708 bits per heavy atom. The summed E-state index contributed by atoms with van der Waals surface area (Å²) in [5.74, 6) is -1.97. The van der Waals surface area contributed by atoms with Gasteiger partial charge in [-0.2, -0.15) is 0 Å². The highest BCUT2D eigenvalue weighted by atomic mass is 35.5. The smallest absolute Gasteiger partial charge is 0.219 e. The summed E-state index contributed by atoms with van der Waals surface area (Å²) in [6, 6.07) is 30.0. The average molecular weight is 681 g/mol. The van der Waals surface area contributed by atoms with E-state index in [0.717, 1.165) is 16.7 Å². The van der Waals surface area contributed by atoms with Gasteiger partial charge in [0.15, 0.2) is 0 Å². The number of aliphatic hydroxyl groups excluding tert-OH is 1. The van der Waals surface area contributed by atoms with Crippen molar-refractivity contribution in [2.75, 3.05) is 13.2 Å². The van der Waals surface area contributed by atoms with Crippen LogP contribution in [0, 0.1) is 0 Å². The van der Waals surface area contributed by atoms with Gasteiger partial charge in [-0.05, 0) is 36.0 Å². The van der Waals surface area contributed by atoms with E-state index in [9.17, 15) is 10.2 Å². The van der Waals surface area contributed by atoms with Crippen LogP contribution in [0.25, 0.3) is 0 Å². The molecule has 0 saturated carbocycles. The molecule has 4 aliphatic heterocycles. The second-order valence-corrected chi connectivity index (χ2v) is 13.8. The normalized spacial score (nSPS) is 36.6. The molecule has 2 N–H and O–H groups in total. The molecule has 4 aliphatic rings. The van der Waals surface area contributed by atoms with Gasteiger partial charge in [0.05, 0.1) is 44.0 Å². The largest absolute Gasteiger partial charge is 0.387 e. The quantitative estimate of drug-likeness (QED) is 0.273. The van der Waals surface area contributed by atoms with Crippen molar-refractivity contribution in [3.05, 3.63) is 108 Å². The van der Waals surface area contributed by atoms with Crippen molar-refractivity contribution in [1.29, 1.82) is 0 Å². The van der Waals surface area contributed by atoms with Gasteiger partial charge in [0, 0.05) is 13.0 Å². The molecule has 0 unspecified atom stereocenters. The summed E-state index contributed by atoms with van der Waals surface area (Å²) in [7, 11) is 0. The van der Waals surface area contributed by atoms with Crippen LogP contribution in [0.3, 0.4) is 0 Å². The standard InChI is InChI=1S/C38H45ClO9/c39-28-18-19-43-30-20-32(40)38(41,48-34(28)30)33-17-16-29-36(47-33)37(45-23-27-14-8-3-9-15-27)35(44-22-26-12-6-2-7-13-26)31(46-29)24-42-21-25-10-4-1-5-11-25/h1-15,28-37,40-41H,16-24H2/t28-,29-,30+,31+,32-,33+,34-,35-,36-,37-,38-/m0/s1. The lowest BCUT2D eigenvalue weighted by Gasteiger charge is -2.54. The maximum atomic E-state index is 12.0. The van der Waals surface area contributed by atoms with Crippen LogP contribution < -0.4 is 0 Å². The third-order valence-corrected chi connectivity index (χ3v) is 10.4. The summed E-state index contributed by atoms with van der Waals surface area (Å²) >= 11 is 6.63. The van der Waals surface area contributed by atoms with E-state index in [1.54, 1.807) is 0 Å². The minimum Gasteiger partial charge on any atom is -0.387 e. The molecule has 0 amide bonds. The fraction of sp³-hybridized carbons (Fsp3) is 0.526. The summed E-state index contributed by atoms with van der Waals surface area (Å²) in [6.07, 6.45) is -3.86. The average Bonchev–Trinajstić information content (AvgIpc) is 3.12. The Kier molecular flexibility index (Phi) is 11.1. The molecular weight excluding hydrogens is 636 g/mol. The van der Waals surface area contributed by atoms with Gasteiger partial charge in [-0.1, -0.05) is 91.0 Å². The molecule has 258 valence electrons. The number of hydrogen-bond donors (Lipinski definition) is 2. The van der Waals surface area contributed by atoms with Gasteiger partial charge in [0.1, 0.15) is 42.7 Å². The Bertz CT molecular complexity index is 1420. The molecule has 11 atom stereocenters. The van der Waals surface area contributed by atoms with Gasteiger partial charge < -0.3 is 43.4 Å². The molecule has 0 spiro atoms. The molecule has 3 aromatic rings. The summed E-state index contributed by atoms with van der Waals surface area (Å²) < 4.78 is 45.1. The van der Waals surface area contributed by atoms with E-state index in [1.165, 1.54) is 0 Å². The molecule has 4 fully saturated rings. The summed E-state index contributed by atoms with van der Waals surface area (Å²) in [5.41, 5.74) is 3.09. The SMILES string of the molecule is O[C@H]1C[C@H]2OCC[C@H](Cl)[C@@H]2O[C@]1(O)[C@H]1CC[C@@H]2O[C@H](COCc3ccccc3)[C@H](OCc3ccccc3)[C@H](OCc3ccccc3)[C@H]2O1. The van der Waals surface area contributed by atoms with Crippen molar-refractivity contribution in [2.24, 2.45) is 0 Å². The second kappa shape index (κ2) is 15.6. The predicted octanol–water partition coefficient (Wildman–Crippen LogP) is 4.92. The van der Waals surface area contributed by atoms with Gasteiger partial charge >= 0.3 is 0 Å². The van der Waals surface area contributed by atoms with Crippen LogP contribution in [-0.4, -0.2) is 89.5 Å². The summed E-state index contributed by atoms with van der Waals surface area (Å²) in [6.45, 7) is 1.88. The van der Waals surface area contributed by atoms with E-state index in [4.69, 9.17) is 44.8 Å². The lowest BCUT2D eigenvalue weighted by molar-refractivity contribution is -0.388. The number of ether oxygens (including phenoxy) is 7. The van der Waals surface area contributed by atoms with Crippen molar-refractivity contribution in [3.8, 4) is 0 Å². The molecule has 4 heterocycles. The minimum absolute atomic E-state index is 0.201. The number of alkyl halides is 1. The zero-order chi connectivity index (χ0) is 32.9. The topological polar surface area (TPSA) is 105 Å². The number of halogens is 1. The van der Waals surface area contributed by atoms with Crippen molar-refractivity contribution in [1.82, 2.24) is 0 Å². The summed E-state index contributed by atoms with van der Waals surface area (Å²) in [4.78, 5) is 0. The van der Waals surface area contributed by atoms with Gasteiger partial charge in [-0.15, -0.1) is 11.6 Å². The molecule has 10 heteroatoms. The molecule has 0 aromatic heterocycles. The zero-order valence-corrected chi connectivity index (χ0v) is 27.7. The highest BCUT2D eigenvalue weighted by molar-refractivity contribution is 6.21. The third kappa shape index (κ3) is 7.66. The van der Waals surface area contributed by atoms with Gasteiger partial charge in [0.25, 0.3) is 0 Å². The molecule has 0 bridgehead atoms. The van der Waals surface area contributed by atoms with Crippen LogP contribution in [0.2, 0.25) is 0 Å². The number of rotatable bonds is 11. The van der Waals surface area contributed by atoms with Crippen LogP contribution in [0.4, 0.5) is 0 Å². The number of fused-ring (bicyclic) bond motifs is 2. The highest BCUT2D eigenvalue weighted by Gasteiger charge is 2.59. The van der Waals surface area contributed by atoms with Crippen LogP contribution >= 0.6 is 11.6 Å². The number of benzene rings is 3. The predicted molar refractivity (Wildman–Crippen MR) is 177 cm³/mol. The Balaban J connectivity index is 1.14. The molecule has 4 saturated heterocycles. The maximum Gasteiger partial charge on any atom is 0.219 e. The fourth-order valence-electron chi connectivity index (χ4n) is 7.34. The third-order valence-electron chi connectivity index (χ3n) is 9.90. The van der Waals surface area contributed by atoms with Crippen LogP contribution in [-0.2, 0) is 53.0 Å². The molecular formula is C38H45ClO9. The fourth-order valence-corrected chi connectivity index (χ4v) is 7.65. The van der Waals surface area contributed by atoms with Crippen molar-refractivity contribution < 1.29 is 43.4 Å². The zero-order valence-electron chi connectivity index (χ0n) is 26.9. The van der Waals surface area contributed by atoms with E-state index in [-0.39, 0.29) is 30.6 Å². The Morgan fingerprint density at radius 2 is 1.31 bits per heavy atom. The molecule has 7 rings (SSSR count). The van der Waals surface area contributed by atoms with Gasteiger partial charge in [0.2, 0.25) is 5.79 Å². The molecule has 9 nitrogen and oxygen atoms in total. The summed E-state index contributed by atoms with van der Waals surface area (Å²) in [5, 5.41) is 22.8. The van der Waals surface area contributed by atoms with Crippen molar-refractivity contribution >= 4 is 11.6 Å². The Labute approximate surface area is 287 Å². The maximum absolute atomic E-state index is 12.0. The first kappa shape index (κ1) is 34.1. The van der Waals surface area contributed by atoms with E-state index in [0.29, 0.717) is 45.7 Å². The first-order valence-electron chi connectivity index (χ1n) is 17.1. The Morgan fingerprint density at radius 3 is 1.96 bits per heavy atom. The molecule has 0 radical (unpaired) electrons. The minimum atomic E-state index is -1.97. The van der Waals surface area contributed by atoms with Crippen LogP contribution in [0.1, 0.15) is 42.4 Å². The first-order valence-corrected chi connectivity index (χ1v) is 17.5. The van der Waals surface area contributed by atoms with Crippen LogP contribution in [0.15, 0.2) is 91.0 Å². The van der Waals surface area contributed by atoms with Crippen molar-refractivity contribution in [2.45, 2.75) is 112 Å². The first-order chi connectivity index (χ1) is 23.5. The van der Waals surface area contributed by atoms with Gasteiger partial charge in [-0.25, -0.2) is 0 Å². The van der Waals surface area contributed by atoms with Crippen molar-refractivity contribution in [3.63, 3.8) is 0 Å². The Hall–Kier alpha value is -2.41. The molecule has 3 aromatic carbocycles.